The Bertz CT molecular complexity index is 480. The van der Waals surface area contributed by atoms with Gasteiger partial charge < -0.3 is 5.32 Å². The molecule has 104 valence electrons. The summed E-state index contributed by atoms with van der Waals surface area (Å²) in [5.41, 5.74) is 0.862. The van der Waals surface area contributed by atoms with Crippen molar-refractivity contribution in [1.82, 2.24) is 5.32 Å². The van der Waals surface area contributed by atoms with Crippen molar-refractivity contribution in [1.29, 1.82) is 0 Å². The Balaban J connectivity index is 2.57. The van der Waals surface area contributed by atoms with Crippen LogP contribution in [0, 0.1) is 10.1 Å². The predicted molar refractivity (Wildman–Crippen MR) is 80.2 cm³/mol. The molecule has 0 radical (unpaired) electrons. The molecule has 1 aromatic rings. The van der Waals surface area contributed by atoms with Gasteiger partial charge in [0.15, 0.2) is 0 Å². The number of hydrogen-bond acceptors (Lipinski definition) is 4. The zero-order chi connectivity index (χ0) is 14.4. The smallest absolute Gasteiger partial charge is 0.283 e. The highest BCUT2D eigenvalue weighted by atomic mass is 79.9. The second-order valence-electron chi connectivity index (χ2n) is 4.22. The Morgan fingerprint density at radius 3 is 2.79 bits per heavy atom. The minimum atomic E-state index is -0.427. The largest absolute Gasteiger partial charge is 0.353 e. The maximum Gasteiger partial charge on any atom is 0.283 e. The molecule has 0 atom stereocenters. The number of amides is 1. The van der Waals surface area contributed by atoms with Crippen LogP contribution in [0.4, 0.5) is 5.69 Å². The number of nitro benzene ring substituents is 1. The first kappa shape index (κ1) is 16.0. The summed E-state index contributed by atoms with van der Waals surface area (Å²) < 4.78 is 0.483. The Labute approximate surface area is 124 Å². The molecular formula is C12H15BrN2O3S. The summed E-state index contributed by atoms with van der Waals surface area (Å²) in [6.07, 6.45) is 0. The minimum absolute atomic E-state index is 0.0263. The van der Waals surface area contributed by atoms with Gasteiger partial charge in [0.1, 0.15) is 0 Å². The molecule has 0 aliphatic carbocycles. The van der Waals surface area contributed by atoms with Crippen molar-refractivity contribution in [3.63, 3.8) is 0 Å². The molecule has 0 aliphatic rings. The number of rotatable bonds is 6. The molecule has 0 bridgehead atoms. The van der Waals surface area contributed by atoms with E-state index in [1.807, 2.05) is 19.9 Å². The first-order chi connectivity index (χ1) is 8.91. The summed E-state index contributed by atoms with van der Waals surface area (Å²) in [6, 6.07) is 5.03. The fourth-order valence-corrected chi connectivity index (χ4v) is 3.00. The molecule has 1 rings (SSSR count). The molecule has 0 saturated heterocycles. The number of nitro groups is 1. The topological polar surface area (TPSA) is 72.2 Å². The average Bonchev–Trinajstić information content (AvgIpc) is 2.30. The van der Waals surface area contributed by atoms with Crippen molar-refractivity contribution in [3.8, 4) is 0 Å². The van der Waals surface area contributed by atoms with E-state index in [0.717, 1.165) is 5.56 Å². The van der Waals surface area contributed by atoms with E-state index in [2.05, 4.69) is 21.2 Å². The van der Waals surface area contributed by atoms with Gasteiger partial charge in [0.05, 0.1) is 15.1 Å². The molecule has 5 nitrogen and oxygen atoms in total. The third-order valence-electron chi connectivity index (χ3n) is 2.20. The van der Waals surface area contributed by atoms with Gasteiger partial charge in [-0.05, 0) is 35.3 Å². The molecule has 0 heterocycles. The van der Waals surface area contributed by atoms with Gasteiger partial charge >= 0.3 is 0 Å². The van der Waals surface area contributed by atoms with Gasteiger partial charge in [-0.25, -0.2) is 0 Å². The number of carbonyl (C=O) groups excluding carboxylic acids is 1. The highest BCUT2D eigenvalue weighted by molar-refractivity contribution is 9.10. The van der Waals surface area contributed by atoms with Crippen LogP contribution < -0.4 is 5.32 Å². The Morgan fingerprint density at radius 2 is 2.21 bits per heavy atom. The summed E-state index contributed by atoms with van der Waals surface area (Å²) >= 11 is 4.66. The van der Waals surface area contributed by atoms with Gasteiger partial charge in [-0.2, -0.15) is 0 Å². The quantitative estimate of drug-likeness (QED) is 0.634. The maximum absolute atomic E-state index is 11.5. The Hall–Kier alpha value is -1.08. The van der Waals surface area contributed by atoms with Crippen molar-refractivity contribution < 1.29 is 9.72 Å². The zero-order valence-corrected chi connectivity index (χ0v) is 13.1. The summed E-state index contributed by atoms with van der Waals surface area (Å²) in [5.74, 6) is 0.864. The van der Waals surface area contributed by atoms with E-state index in [4.69, 9.17) is 0 Å². The van der Waals surface area contributed by atoms with Crippen molar-refractivity contribution in [2.45, 2.75) is 25.6 Å². The second kappa shape index (κ2) is 7.49. The van der Waals surface area contributed by atoms with E-state index in [0.29, 0.717) is 16.0 Å². The molecule has 0 saturated carbocycles. The van der Waals surface area contributed by atoms with Gasteiger partial charge in [0.2, 0.25) is 5.91 Å². The fraction of sp³-hybridized carbons (Fsp3) is 0.417. The monoisotopic (exact) mass is 346 g/mol. The van der Waals surface area contributed by atoms with Crippen molar-refractivity contribution in [3.05, 3.63) is 38.3 Å². The third-order valence-corrected chi connectivity index (χ3v) is 4.09. The van der Waals surface area contributed by atoms with E-state index in [1.54, 1.807) is 6.07 Å². The predicted octanol–water partition coefficient (Wildman–Crippen LogP) is 3.12. The van der Waals surface area contributed by atoms with Crippen molar-refractivity contribution in [2.75, 3.05) is 5.75 Å². The summed E-state index contributed by atoms with van der Waals surface area (Å²) in [5, 5.41) is 13.6. The molecule has 0 aliphatic heterocycles. The number of hydrogen-bond donors (Lipinski definition) is 1. The Morgan fingerprint density at radius 1 is 1.53 bits per heavy atom. The molecule has 0 aromatic heterocycles. The number of halogens is 1. The zero-order valence-electron chi connectivity index (χ0n) is 10.7. The van der Waals surface area contributed by atoms with Crippen LogP contribution >= 0.6 is 27.7 Å². The molecule has 0 fully saturated rings. The van der Waals surface area contributed by atoms with E-state index in [-0.39, 0.29) is 17.6 Å². The minimum Gasteiger partial charge on any atom is -0.353 e. The Kier molecular flexibility index (Phi) is 6.30. The lowest BCUT2D eigenvalue weighted by molar-refractivity contribution is -0.385. The van der Waals surface area contributed by atoms with Crippen LogP contribution in [0.2, 0.25) is 0 Å². The normalized spacial score (nSPS) is 10.5. The molecule has 0 unspecified atom stereocenters. The molecule has 1 amide bonds. The summed E-state index contributed by atoms with van der Waals surface area (Å²) in [6.45, 7) is 3.80. The average molecular weight is 347 g/mol. The summed E-state index contributed by atoms with van der Waals surface area (Å²) in [7, 11) is 0. The van der Waals surface area contributed by atoms with Crippen LogP contribution in [0.3, 0.4) is 0 Å². The van der Waals surface area contributed by atoms with Gasteiger partial charge in [-0.1, -0.05) is 12.1 Å². The number of thioether (sulfide) groups is 1. The van der Waals surface area contributed by atoms with Crippen LogP contribution in [0.1, 0.15) is 19.4 Å². The molecule has 19 heavy (non-hydrogen) atoms. The van der Waals surface area contributed by atoms with E-state index < -0.39 is 4.92 Å². The van der Waals surface area contributed by atoms with Crippen LogP contribution in [-0.4, -0.2) is 22.6 Å². The molecule has 7 heteroatoms. The second-order valence-corrected chi connectivity index (χ2v) is 6.00. The van der Waals surface area contributed by atoms with Crippen LogP contribution in [0.25, 0.3) is 0 Å². The first-order valence-corrected chi connectivity index (χ1v) is 7.65. The SMILES string of the molecule is CC(C)NC(=O)CSCc1cccc([N+](=O)[O-])c1Br. The fourth-order valence-electron chi connectivity index (χ4n) is 1.44. The molecular weight excluding hydrogens is 332 g/mol. The summed E-state index contributed by atoms with van der Waals surface area (Å²) in [4.78, 5) is 21.8. The van der Waals surface area contributed by atoms with Gasteiger partial charge in [-0.3, -0.25) is 14.9 Å². The maximum atomic E-state index is 11.5. The number of benzene rings is 1. The van der Waals surface area contributed by atoms with E-state index >= 15 is 0 Å². The van der Waals surface area contributed by atoms with Crippen LogP contribution in [-0.2, 0) is 10.5 Å². The number of carbonyl (C=O) groups is 1. The highest BCUT2D eigenvalue weighted by Crippen LogP contribution is 2.30. The third kappa shape index (κ3) is 5.20. The number of nitrogens with one attached hydrogen (secondary N) is 1. The van der Waals surface area contributed by atoms with Gasteiger partial charge in [-0.15, -0.1) is 11.8 Å². The van der Waals surface area contributed by atoms with E-state index in [9.17, 15) is 14.9 Å². The van der Waals surface area contributed by atoms with Gasteiger partial charge in [0, 0.05) is 17.9 Å². The lowest BCUT2D eigenvalue weighted by Crippen LogP contribution is -2.31. The van der Waals surface area contributed by atoms with E-state index in [1.165, 1.54) is 17.8 Å². The lowest BCUT2D eigenvalue weighted by Gasteiger charge is -2.08. The molecule has 1 aromatic carbocycles. The lowest BCUT2D eigenvalue weighted by atomic mass is 10.2. The molecule has 0 spiro atoms. The van der Waals surface area contributed by atoms with Crippen LogP contribution in [0.5, 0.6) is 0 Å². The standard InChI is InChI=1S/C12H15BrN2O3S/c1-8(2)14-11(16)7-19-6-9-4-3-5-10(12(9)13)15(17)18/h3-5,8H,6-7H2,1-2H3,(H,14,16). The van der Waals surface area contributed by atoms with Gasteiger partial charge in [0.25, 0.3) is 5.69 Å². The van der Waals surface area contributed by atoms with Crippen molar-refractivity contribution in [2.24, 2.45) is 0 Å². The first-order valence-electron chi connectivity index (χ1n) is 5.70. The molecule has 1 N–H and O–H groups in total. The van der Waals surface area contributed by atoms with Crippen molar-refractivity contribution >= 4 is 39.3 Å². The highest BCUT2D eigenvalue weighted by Gasteiger charge is 2.14. The number of nitrogens with zero attached hydrogens (tertiary/aromatic N) is 1. The van der Waals surface area contributed by atoms with Crippen LogP contribution in [0.15, 0.2) is 22.7 Å².